The molecule has 0 bridgehead atoms. The second-order valence-electron chi connectivity index (χ2n) is 5.40. The van der Waals surface area contributed by atoms with Crippen LogP contribution in [0.4, 0.5) is 10.1 Å². The molecule has 0 spiro atoms. The molecule has 3 N–H and O–H groups in total. The molecule has 2 atom stereocenters. The minimum absolute atomic E-state index is 0.0544. The summed E-state index contributed by atoms with van der Waals surface area (Å²) < 4.78 is 13.2. The maximum atomic E-state index is 13.2. The molecule has 0 saturated carbocycles. The molecule has 0 fully saturated rings. The Morgan fingerprint density at radius 2 is 2.33 bits per heavy atom. The summed E-state index contributed by atoms with van der Waals surface area (Å²) in [5.74, 6) is -1.44. The third-order valence-electron chi connectivity index (χ3n) is 3.62. The molecule has 5 nitrogen and oxygen atoms in total. The quantitative estimate of drug-likeness (QED) is 0.768. The van der Waals surface area contributed by atoms with Gasteiger partial charge in [-0.1, -0.05) is 13.0 Å². The minimum Gasteiger partial charge on any atom is -0.396 e. The zero-order valence-electron chi connectivity index (χ0n) is 11.9. The van der Waals surface area contributed by atoms with Crippen molar-refractivity contribution in [3.8, 4) is 0 Å². The molecule has 1 aliphatic rings. The predicted molar refractivity (Wildman–Crippen MR) is 76.3 cm³/mol. The topological polar surface area (TPSA) is 78.4 Å². The van der Waals surface area contributed by atoms with Gasteiger partial charge in [0.15, 0.2) is 0 Å². The predicted octanol–water partition coefficient (Wildman–Crippen LogP) is 1.39. The van der Waals surface area contributed by atoms with Gasteiger partial charge in [-0.25, -0.2) is 4.39 Å². The van der Waals surface area contributed by atoms with Gasteiger partial charge in [0.25, 0.3) is 0 Å². The lowest BCUT2D eigenvalue weighted by atomic mass is 9.89. The summed E-state index contributed by atoms with van der Waals surface area (Å²) in [4.78, 5) is 23.9. The summed E-state index contributed by atoms with van der Waals surface area (Å²) in [6.45, 7) is 2.44. The van der Waals surface area contributed by atoms with Crippen molar-refractivity contribution < 1.29 is 19.1 Å². The molecule has 0 radical (unpaired) electrons. The zero-order chi connectivity index (χ0) is 15.4. The first-order valence-corrected chi connectivity index (χ1v) is 6.99. The summed E-state index contributed by atoms with van der Waals surface area (Å²) in [5, 5.41) is 14.2. The third kappa shape index (κ3) is 3.78. The fourth-order valence-corrected chi connectivity index (χ4v) is 2.39. The molecule has 1 heterocycles. The molecule has 114 valence electrons. The van der Waals surface area contributed by atoms with Crippen LogP contribution in [0, 0.1) is 11.7 Å². The van der Waals surface area contributed by atoms with E-state index in [0.29, 0.717) is 24.2 Å². The molecule has 2 rings (SSSR count). The molecule has 2 amide bonds. The molecule has 21 heavy (non-hydrogen) atoms. The number of hydrogen-bond donors (Lipinski definition) is 3. The summed E-state index contributed by atoms with van der Waals surface area (Å²) in [5.41, 5.74) is 0.984. The van der Waals surface area contributed by atoms with Gasteiger partial charge < -0.3 is 15.7 Å². The molecule has 1 aromatic carbocycles. The smallest absolute Gasteiger partial charge is 0.228 e. The molecular weight excluding hydrogens is 275 g/mol. The molecule has 0 aromatic heterocycles. The average molecular weight is 294 g/mol. The summed E-state index contributed by atoms with van der Waals surface area (Å²) in [6.07, 6.45) is 0.659. The van der Waals surface area contributed by atoms with Crippen molar-refractivity contribution in [3.63, 3.8) is 0 Å². The van der Waals surface area contributed by atoms with Crippen molar-refractivity contribution in [2.45, 2.75) is 25.7 Å². The Hall–Kier alpha value is -1.95. The Kier molecular flexibility index (Phi) is 4.90. The largest absolute Gasteiger partial charge is 0.396 e. The van der Waals surface area contributed by atoms with Crippen molar-refractivity contribution >= 4 is 17.5 Å². The first-order chi connectivity index (χ1) is 10.0. The van der Waals surface area contributed by atoms with E-state index in [4.69, 9.17) is 5.11 Å². The van der Waals surface area contributed by atoms with E-state index in [1.807, 2.05) is 6.92 Å². The number of aliphatic hydroxyl groups is 1. The molecule has 1 aromatic rings. The maximum Gasteiger partial charge on any atom is 0.228 e. The van der Waals surface area contributed by atoms with E-state index < -0.39 is 11.7 Å². The number of rotatable bonds is 5. The standard InChI is InChI=1S/C15H19FN2O3/c1-9(4-5-19)8-17-15(21)12-7-14(20)18-13-6-10(16)2-3-11(12)13/h2-3,6,9,12,19H,4-5,7-8H2,1H3,(H,17,21)(H,18,20). The third-order valence-corrected chi connectivity index (χ3v) is 3.62. The van der Waals surface area contributed by atoms with Gasteiger partial charge in [0, 0.05) is 25.3 Å². The van der Waals surface area contributed by atoms with Crippen LogP contribution < -0.4 is 10.6 Å². The molecule has 6 heteroatoms. The molecule has 1 aliphatic heterocycles. The van der Waals surface area contributed by atoms with Crippen LogP contribution in [0.15, 0.2) is 18.2 Å². The number of fused-ring (bicyclic) bond motifs is 1. The van der Waals surface area contributed by atoms with Gasteiger partial charge in [-0.15, -0.1) is 0 Å². The first-order valence-electron chi connectivity index (χ1n) is 6.99. The number of aliphatic hydroxyl groups excluding tert-OH is 1. The highest BCUT2D eigenvalue weighted by molar-refractivity contribution is 6.01. The van der Waals surface area contributed by atoms with Crippen LogP contribution in [-0.2, 0) is 9.59 Å². The molecular formula is C15H19FN2O3. The number of hydrogen-bond acceptors (Lipinski definition) is 3. The Morgan fingerprint density at radius 3 is 3.05 bits per heavy atom. The van der Waals surface area contributed by atoms with E-state index >= 15 is 0 Å². The van der Waals surface area contributed by atoms with E-state index in [1.54, 1.807) is 0 Å². The Morgan fingerprint density at radius 1 is 1.57 bits per heavy atom. The maximum absolute atomic E-state index is 13.2. The molecule has 2 unspecified atom stereocenters. The highest BCUT2D eigenvalue weighted by Gasteiger charge is 2.30. The summed E-state index contributed by atoms with van der Waals surface area (Å²) in [7, 11) is 0. The fraction of sp³-hybridized carbons (Fsp3) is 0.467. The van der Waals surface area contributed by atoms with E-state index in [9.17, 15) is 14.0 Å². The monoisotopic (exact) mass is 294 g/mol. The normalized spacial score (nSPS) is 18.6. The van der Waals surface area contributed by atoms with Gasteiger partial charge in [0.2, 0.25) is 11.8 Å². The SMILES string of the molecule is CC(CCO)CNC(=O)C1CC(=O)Nc2cc(F)ccc21. The van der Waals surface area contributed by atoms with Gasteiger partial charge in [0.05, 0.1) is 5.92 Å². The highest BCUT2D eigenvalue weighted by atomic mass is 19.1. The van der Waals surface area contributed by atoms with E-state index in [2.05, 4.69) is 10.6 Å². The van der Waals surface area contributed by atoms with Crippen molar-refractivity contribution in [2.75, 3.05) is 18.5 Å². The number of benzene rings is 1. The number of carbonyl (C=O) groups excluding carboxylic acids is 2. The van der Waals surface area contributed by atoms with Crippen LogP contribution in [0.5, 0.6) is 0 Å². The Labute approximate surface area is 122 Å². The van der Waals surface area contributed by atoms with Crippen LogP contribution in [0.2, 0.25) is 0 Å². The first kappa shape index (κ1) is 15.4. The summed E-state index contributed by atoms with van der Waals surface area (Å²) >= 11 is 0. The van der Waals surface area contributed by atoms with Crippen LogP contribution in [0.1, 0.15) is 31.2 Å². The molecule has 0 saturated heterocycles. The Balaban J connectivity index is 2.09. The fourth-order valence-electron chi connectivity index (χ4n) is 2.39. The van der Waals surface area contributed by atoms with Crippen LogP contribution in [0.3, 0.4) is 0 Å². The van der Waals surface area contributed by atoms with Crippen molar-refractivity contribution in [2.24, 2.45) is 5.92 Å². The van der Waals surface area contributed by atoms with E-state index in [0.717, 1.165) is 0 Å². The van der Waals surface area contributed by atoms with Crippen LogP contribution >= 0.6 is 0 Å². The highest BCUT2D eigenvalue weighted by Crippen LogP contribution is 2.32. The van der Waals surface area contributed by atoms with Gasteiger partial charge in [0.1, 0.15) is 5.82 Å². The van der Waals surface area contributed by atoms with E-state index in [-0.39, 0.29) is 30.8 Å². The van der Waals surface area contributed by atoms with Crippen LogP contribution in [0.25, 0.3) is 0 Å². The number of nitrogens with one attached hydrogen (secondary N) is 2. The zero-order valence-corrected chi connectivity index (χ0v) is 11.9. The number of halogens is 1. The number of anilines is 1. The van der Waals surface area contributed by atoms with Crippen molar-refractivity contribution in [1.29, 1.82) is 0 Å². The lowest BCUT2D eigenvalue weighted by Gasteiger charge is -2.25. The lowest BCUT2D eigenvalue weighted by Crippen LogP contribution is -2.37. The van der Waals surface area contributed by atoms with Gasteiger partial charge >= 0.3 is 0 Å². The summed E-state index contributed by atoms with van der Waals surface area (Å²) in [6, 6.07) is 4.04. The second-order valence-corrected chi connectivity index (χ2v) is 5.40. The van der Waals surface area contributed by atoms with Gasteiger partial charge in [-0.2, -0.15) is 0 Å². The molecule has 0 aliphatic carbocycles. The lowest BCUT2D eigenvalue weighted by molar-refractivity contribution is -0.126. The number of amides is 2. The van der Waals surface area contributed by atoms with Crippen molar-refractivity contribution in [1.82, 2.24) is 5.32 Å². The van der Waals surface area contributed by atoms with Crippen LogP contribution in [-0.4, -0.2) is 30.1 Å². The van der Waals surface area contributed by atoms with Crippen molar-refractivity contribution in [3.05, 3.63) is 29.6 Å². The van der Waals surface area contributed by atoms with E-state index in [1.165, 1.54) is 18.2 Å². The van der Waals surface area contributed by atoms with Gasteiger partial charge in [-0.3, -0.25) is 9.59 Å². The number of carbonyl (C=O) groups is 2. The average Bonchev–Trinajstić information content (AvgIpc) is 2.43. The second kappa shape index (κ2) is 6.67. The Bertz CT molecular complexity index is 548. The van der Waals surface area contributed by atoms with Gasteiger partial charge in [-0.05, 0) is 30.0 Å². The minimum atomic E-state index is -0.601.